The Kier molecular flexibility index (Phi) is 9.18. The van der Waals surface area contributed by atoms with E-state index < -0.39 is 18.4 Å². The standard InChI is InChI=1S/C10H11O.3C4H9.Sn/c1-2-5-9(6-3-1)10-7-4-8-11-10;3*1-3-4-2;/h1-2,5-6,10H,4,7-8H2;3*1,3-4H2,2H3;. The minimum atomic E-state index is -2.27. The Morgan fingerprint density at radius 3 is 2.08 bits per heavy atom. The second-order valence-corrected chi connectivity index (χ2v) is 21.0. The third-order valence-electron chi connectivity index (χ3n) is 5.83. The normalized spacial score (nSPS) is 18.2. The molecule has 0 bridgehead atoms. The number of benzene rings is 1. The van der Waals surface area contributed by atoms with E-state index in [1.807, 2.05) is 0 Å². The zero-order valence-electron chi connectivity index (χ0n) is 16.3. The first-order valence-corrected chi connectivity index (χ1v) is 18.0. The summed E-state index contributed by atoms with van der Waals surface area (Å²) >= 11 is -2.27. The van der Waals surface area contributed by atoms with Crippen LogP contribution in [0, 0.1) is 0 Å². The van der Waals surface area contributed by atoms with Gasteiger partial charge in [-0.15, -0.1) is 0 Å². The van der Waals surface area contributed by atoms with Crippen molar-refractivity contribution in [2.45, 2.75) is 91.6 Å². The second kappa shape index (κ2) is 10.9. The van der Waals surface area contributed by atoms with Crippen LogP contribution in [0.1, 0.15) is 83.8 Å². The maximum atomic E-state index is 5.97. The number of rotatable bonds is 11. The molecule has 2 rings (SSSR count). The molecule has 1 aromatic carbocycles. The van der Waals surface area contributed by atoms with Crippen molar-refractivity contribution in [2.24, 2.45) is 0 Å². The van der Waals surface area contributed by atoms with Crippen molar-refractivity contribution < 1.29 is 4.74 Å². The van der Waals surface area contributed by atoms with Gasteiger partial charge in [-0.1, -0.05) is 0 Å². The quantitative estimate of drug-likeness (QED) is 0.355. The van der Waals surface area contributed by atoms with E-state index >= 15 is 0 Å². The van der Waals surface area contributed by atoms with E-state index in [1.54, 1.807) is 16.9 Å². The third kappa shape index (κ3) is 5.49. The fourth-order valence-electron chi connectivity index (χ4n) is 4.26. The Balaban J connectivity index is 2.29. The predicted octanol–water partition coefficient (Wildman–Crippen LogP) is 6.59. The number of hydrogen-bond acceptors (Lipinski definition) is 1. The van der Waals surface area contributed by atoms with Crippen LogP contribution in [0.3, 0.4) is 0 Å². The van der Waals surface area contributed by atoms with Crippen LogP contribution in [0.4, 0.5) is 0 Å². The first-order chi connectivity index (χ1) is 11.8. The minimum absolute atomic E-state index is 0.373. The number of unbranched alkanes of at least 4 members (excludes halogenated alkanes) is 3. The van der Waals surface area contributed by atoms with Crippen molar-refractivity contribution in [2.75, 3.05) is 6.61 Å². The second-order valence-electron chi connectivity index (χ2n) is 7.72. The molecule has 0 aliphatic carbocycles. The molecule has 1 atom stereocenters. The Bertz CT molecular complexity index is 443. The zero-order chi connectivity index (χ0) is 17.3. The summed E-state index contributed by atoms with van der Waals surface area (Å²) in [7, 11) is 0. The monoisotopic (exact) mass is 438 g/mol. The Labute approximate surface area is 154 Å². The van der Waals surface area contributed by atoms with Crippen LogP contribution in [0.25, 0.3) is 0 Å². The average molecular weight is 437 g/mol. The van der Waals surface area contributed by atoms with Crippen molar-refractivity contribution in [1.82, 2.24) is 0 Å². The van der Waals surface area contributed by atoms with Gasteiger partial charge in [0, 0.05) is 0 Å². The van der Waals surface area contributed by atoms with Gasteiger partial charge in [0.15, 0.2) is 0 Å². The summed E-state index contributed by atoms with van der Waals surface area (Å²) in [4.78, 5) is 0. The Morgan fingerprint density at radius 2 is 1.58 bits per heavy atom. The van der Waals surface area contributed by atoms with Gasteiger partial charge in [-0.25, -0.2) is 0 Å². The van der Waals surface area contributed by atoms with Crippen molar-refractivity contribution in [1.29, 1.82) is 0 Å². The van der Waals surface area contributed by atoms with Crippen LogP contribution in [-0.2, 0) is 4.74 Å². The molecule has 1 aromatic rings. The Hall–Kier alpha value is -0.0213. The first-order valence-electron chi connectivity index (χ1n) is 10.5. The molecule has 1 aliphatic rings. The van der Waals surface area contributed by atoms with Gasteiger partial charge >= 0.3 is 155 Å². The van der Waals surface area contributed by atoms with Crippen LogP contribution in [0.2, 0.25) is 13.3 Å². The van der Waals surface area contributed by atoms with Gasteiger partial charge in [-0.2, -0.15) is 0 Å². The van der Waals surface area contributed by atoms with E-state index in [0.29, 0.717) is 6.10 Å². The van der Waals surface area contributed by atoms with Crippen molar-refractivity contribution in [3.63, 3.8) is 0 Å². The summed E-state index contributed by atoms with van der Waals surface area (Å²) in [5, 5.41) is 0. The third-order valence-corrected chi connectivity index (χ3v) is 21.4. The molecule has 2 heteroatoms. The van der Waals surface area contributed by atoms with Crippen molar-refractivity contribution in [3.05, 3.63) is 29.8 Å². The van der Waals surface area contributed by atoms with Crippen LogP contribution < -0.4 is 3.58 Å². The van der Waals surface area contributed by atoms with Gasteiger partial charge in [-0.05, 0) is 0 Å². The molecular formula is C22H38OSn. The zero-order valence-corrected chi connectivity index (χ0v) is 19.1. The van der Waals surface area contributed by atoms with Crippen LogP contribution in [0.15, 0.2) is 24.3 Å². The van der Waals surface area contributed by atoms with E-state index in [9.17, 15) is 0 Å². The topological polar surface area (TPSA) is 9.23 Å². The summed E-state index contributed by atoms with van der Waals surface area (Å²) < 4.78 is 12.4. The molecule has 0 saturated carbocycles. The molecule has 0 aromatic heterocycles. The fraction of sp³-hybridized carbons (Fsp3) is 0.727. The summed E-state index contributed by atoms with van der Waals surface area (Å²) in [6.45, 7) is 8.03. The van der Waals surface area contributed by atoms with Crippen LogP contribution in [0.5, 0.6) is 0 Å². The molecule has 0 amide bonds. The van der Waals surface area contributed by atoms with E-state index in [4.69, 9.17) is 4.74 Å². The number of hydrogen-bond donors (Lipinski definition) is 0. The average Bonchev–Trinajstić information content (AvgIpc) is 3.16. The molecule has 1 saturated heterocycles. The van der Waals surface area contributed by atoms with Gasteiger partial charge in [-0.3, -0.25) is 0 Å². The molecule has 1 nitrogen and oxygen atoms in total. The van der Waals surface area contributed by atoms with Crippen molar-refractivity contribution in [3.8, 4) is 0 Å². The molecular weight excluding hydrogens is 399 g/mol. The van der Waals surface area contributed by atoms with Gasteiger partial charge in [0.05, 0.1) is 0 Å². The fourth-order valence-corrected chi connectivity index (χ4v) is 20.3. The first kappa shape index (κ1) is 20.3. The predicted molar refractivity (Wildman–Crippen MR) is 109 cm³/mol. The van der Waals surface area contributed by atoms with E-state index in [2.05, 4.69) is 45.0 Å². The van der Waals surface area contributed by atoms with Gasteiger partial charge < -0.3 is 0 Å². The van der Waals surface area contributed by atoms with Gasteiger partial charge in [0.2, 0.25) is 0 Å². The molecule has 1 heterocycles. The number of ether oxygens (including phenoxy) is 1. The van der Waals surface area contributed by atoms with E-state index in [1.165, 1.54) is 56.9 Å². The van der Waals surface area contributed by atoms with E-state index in [-0.39, 0.29) is 0 Å². The van der Waals surface area contributed by atoms with Crippen LogP contribution in [-0.4, -0.2) is 25.0 Å². The van der Waals surface area contributed by atoms with Gasteiger partial charge in [0.1, 0.15) is 0 Å². The van der Waals surface area contributed by atoms with Crippen molar-refractivity contribution >= 4 is 22.0 Å². The molecule has 136 valence electrons. The van der Waals surface area contributed by atoms with Gasteiger partial charge in [0.25, 0.3) is 0 Å². The molecule has 0 radical (unpaired) electrons. The molecule has 1 fully saturated rings. The molecule has 1 unspecified atom stereocenters. The summed E-state index contributed by atoms with van der Waals surface area (Å²) in [5.74, 6) is 0. The van der Waals surface area contributed by atoms with Crippen LogP contribution >= 0.6 is 0 Å². The summed E-state index contributed by atoms with van der Waals surface area (Å²) in [6, 6.07) is 9.74. The molecule has 24 heavy (non-hydrogen) atoms. The summed E-state index contributed by atoms with van der Waals surface area (Å²) in [6.07, 6.45) is 11.2. The maximum absolute atomic E-state index is 5.97. The molecule has 0 N–H and O–H groups in total. The SMILES string of the molecule is CCC[CH2][Sn]([CH2]CCC)([CH2]CCC)[c]1cccc(C2CCCO2)c1. The van der Waals surface area contributed by atoms with E-state index in [0.717, 1.165) is 6.61 Å². The molecule has 1 aliphatic heterocycles. The summed E-state index contributed by atoms with van der Waals surface area (Å²) in [5.41, 5.74) is 1.47. The Morgan fingerprint density at radius 1 is 0.958 bits per heavy atom. The molecule has 0 spiro atoms.